The molecule has 2 aromatic carbocycles. The van der Waals surface area contributed by atoms with Crippen molar-refractivity contribution in [3.05, 3.63) is 69.9 Å². The molecule has 0 unspecified atom stereocenters. The molecule has 0 atom stereocenters. The number of furan rings is 1. The zero-order chi connectivity index (χ0) is 18.0. The smallest absolute Gasteiger partial charge is 0.291 e. The summed E-state index contributed by atoms with van der Waals surface area (Å²) in [4.78, 5) is 12.5. The van der Waals surface area contributed by atoms with Crippen LogP contribution in [0.2, 0.25) is 10.0 Å². The van der Waals surface area contributed by atoms with Gasteiger partial charge in [-0.05, 0) is 55.0 Å². The lowest BCUT2D eigenvalue weighted by Gasteiger charge is -2.10. The van der Waals surface area contributed by atoms with Crippen LogP contribution in [0.3, 0.4) is 0 Å². The van der Waals surface area contributed by atoms with E-state index in [4.69, 9.17) is 32.4 Å². The first-order chi connectivity index (χ1) is 12.0. The number of methoxy groups -OCH3 is 1. The highest BCUT2D eigenvalue weighted by Crippen LogP contribution is 2.32. The monoisotopic (exact) mass is 375 g/mol. The van der Waals surface area contributed by atoms with Gasteiger partial charge in [0.2, 0.25) is 0 Å². The van der Waals surface area contributed by atoms with Crippen molar-refractivity contribution in [2.45, 2.75) is 6.92 Å². The number of nitrogens with one attached hydrogen (secondary N) is 1. The summed E-state index contributed by atoms with van der Waals surface area (Å²) < 4.78 is 10.9. The second-order valence-electron chi connectivity index (χ2n) is 5.45. The maximum atomic E-state index is 12.5. The average molecular weight is 376 g/mol. The van der Waals surface area contributed by atoms with Gasteiger partial charge in [0.1, 0.15) is 11.5 Å². The van der Waals surface area contributed by atoms with Crippen molar-refractivity contribution in [3.63, 3.8) is 0 Å². The molecule has 1 N–H and O–H groups in total. The summed E-state index contributed by atoms with van der Waals surface area (Å²) in [5.74, 6) is 0.820. The van der Waals surface area contributed by atoms with Gasteiger partial charge in [-0.15, -0.1) is 0 Å². The Balaban J connectivity index is 1.86. The number of amides is 1. The first kappa shape index (κ1) is 17.4. The van der Waals surface area contributed by atoms with Gasteiger partial charge in [-0.25, -0.2) is 0 Å². The lowest BCUT2D eigenvalue weighted by molar-refractivity contribution is 0.0997. The van der Waals surface area contributed by atoms with Crippen LogP contribution in [-0.4, -0.2) is 13.0 Å². The zero-order valence-electron chi connectivity index (χ0n) is 13.6. The van der Waals surface area contributed by atoms with Gasteiger partial charge in [0, 0.05) is 10.6 Å². The summed E-state index contributed by atoms with van der Waals surface area (Å²) in [5.41, 5.74) is 2.20. The zero-order valence-corrected chi connectivity index (χ0v) is 15.1. The van der Waals surface area contributed by atoms with Gasteiger partial charge in [-0.2, -0.15) is 0 Å². The van der Waals surface area contributed by atoms with E-state index < -0.39 is 0 Å². The Kier molecular flexibility index (Phi) is 5.02. The van der Waals surface area contributed by atoms with Gasteiger partial charge in [0.15, 0.2) is 5.76 Å². The topological polar surface area (TPSA) is 51.5 Å². The van der Waals surface area contributed by atoms with Crippen LogP contribution in [-0.2, 0) is 0 Å². The van der Waals surface area contributed by atoms with Crippen molar-refractivity contribution >= 4 is 34.8 Å². The molecule has 4 nitrogen and oxygen atoms in total. The third kappa shape index (κ3) is 3.81. The van der Waals surface area contributed by atoms with E-state index in [-0.39, 0.29) is 11.7 Å². The van der Waals surface area contributed by atoms with E-state index in [1.165, 1.54) is 0 Å². The molecule has 1 heterocycles. The van der Waals surface area contributed by atoms with Crippen molar-refractivity contribution in [2.75, 3.05) is 12.4 Å². The number of aryl methyl sites for hydroxylation is 1. The molecule has 0 aliphatic heterocycles. The van der Waals surface area contributed by atoms with E-state index in [1.54, 1.807) is 43.5 Å². The number of ether oxygens (including phenoxy) is 1. The molecule has 0 spiro atoms. The molecule has 6 heteroatoms. The van der Waals surface area contributed by atoms with E-state index in [2.05, 4.69) is 5.32 Å². The number of benzene rings is 2. The fourth-order valence-electron chi connectivity index (χ4n) is 2.39. The van der Waals surface area contributed by atoms with Crippen LogP contribution < -0.4 is 10.1 Å². The average Bonchev–Trinajstić information content (AvgIpc) is 3.07. The van der Waals surface area contributed by atoms with E-state index in [0.717, 1.165) is 5.56 Å². The quantitative estimate of drug-likeness (QED) is 0.624. The van der Waals surface area contributed by atoms with Crippen molar-refractivity contribution < 1.29 is 13.9 Å². The molecule has 1 aromatic heterocycles. The molecule has 0 saturated carbocycles. The number of carbonyl (C=O) groups is 1. The number of carbonyl (C=O) groups excluding carboxylic acids is 1. The first-order valence-electron chi connectivity index (χ1n) is 7.49. The van der Waals surface area contributed by atoms with E-state index in [0.29, 0.717) is 32.8 Å². The molecule has 0 aliphatic rings. The van der Waals surface area contributed by atoms with Crippen LogP contribution in [0.4, 0.5) is 5.69 Å². The van der Waals surface area contributed by atoms with Crippen LogP contribution in [0.15, 0.2) is 52.9 Å². The fourth-order valence-corrected chi connectivity index (χ4v) is 2.78. The Morgan fingerprint density at radius 1 is 1.08 bits per heavy atom. The van der Waals surface area contributed by atoms with Crippen molar-refractivity contribution in [3.8, 4) is 17.1 Å². The van der Waals surface area contributed by atoms with E-state index in [1.807, 2.05) is 19.1 Å². The van der Waals surface area contributed by atoms with Crippen LogP contribution in [0.5, 0.6) is 5.75 Å². The molecular formula is C19H15Cl2NO3. The molecule has 25 heavy (non-hydrogen) atoms. The lowest BCUT2D eigenvalue weighted by atomic mass is 10.2. The highest BCUT2D eigenvalue weighted by molar-refractivity contribution is 6.35. The molecule has 0 aliphatic carbocycles. The molecule has 0 bridgehead atoms. The molecular weight excluding hydrogens is 361 g/mol. The number of anilines is 1. The number of hydrogen-bond acceptors (Lipinski definition) is 3. The van der Waals surface area contributed by atoms with Gasteiger partial charge in [0.05, 0.1) is 17.8 Å². The SMILES string of the molecule is COc1ccc(C)cc1NC(=O)c1ccc(-c2cc(Cl)ccc2Cl)o1. The number of halogens is 2. The molecule has 3 rings (SSSR count). The predicted octanol–water partition coefficient (Wildman–Crippen LogP) is 5.82. The van der Waals surface area contributed by atoms with E-state index in [9.17, 15) is 4.79 Å². The minimum absolute atomic E-state index is 0.162. The summed E-state index contributed by atoms with van der Waals surface area (Å²) in [5, 5.41) is 3.82. The Morgan fingerprint density at radius 3 is 2.64 bits per heavy atom. The number of rotatable bonds is 4. The minimum Gasteiger partial charge on any atom is -0.495 e. The van der Waals surface area contributed by atoms with Crippen molar-refractivity contribution in [1.29, 1.82) is 0 Å². The van der Waals surface area contributed by atoms with Crippen LogP contribution in [0.1, 0.15) is 16.1 Å². The predicted molar refractivity (Wildman–Crippen MR) is 99.8 cm³/mol. The fraction of sp³-hybridized carbons (Fsp3) is 0.105. The Hall–Kier alpha value is -2.43. The minimum atomic E-state index is -0.381. The molecule has 128 valence electrons. The third-order valence-electron chi connectivity index (χ3n) is 3.63. The summed E-state index contributed by atoms with van der Waals surface area (Å²) in [7, 11) is 1.55. The normalized spacial score (nSPS) is 10.6. The first-order valence-corrected chi connectivity index (χ1v) is 8.25. The van der Waals surface area contributed by atoms with Crippen molar-refractivity contribution in [1.82, 2.24) is 0 Å². The van der Waals surface area contributed by atoms with Crippen molar-refractivity contribution in [2.24, 2.45) is 0 Å². The van der Waals surface area contributed by atoms with Crippen LogP contribution in [0.25, 0.3) is 11.3 Å². The van der Waals surface area contributed by atoms with E-state index >= 15 is 0 Å². The standard InChI is InChI=1S/C19H15Cl2NO3/c1-11-3-6-17(24-2)15(9-11)22-19(23)18-8-7-16(25-18)13-10-12(20)4-5-14(13)21/h3-10H,1-2H3,(H,22,23). The molecule has 0 fully saturated rings. The largest absolute Gasteiger partial charge is 0.495 e. The maximum Gasteiger partial charge on any atom is 0.291 e. The van der Waals surface area contributed by atoms with Gasteiger partial charge < -0.3 is 14.5 Å². The number of hydrogen-bond donors (Lipinski definition) is 1. The Bertz CT molecular complexity index is 934. The maximum absolute atomic E-state index is 12.5. The Morgan fingerprint density at radius 2 is 1.88 bits per heavy atom. The summed E-state index contributed by atoms with van der Waals surface area (Å²) in [6, 6.07) is 13.9. The highest BCUT2D eigenvalue weighted by atomic mass is 35.5. The summed E-state index contributed by atoms with van der Waals surface area (Å²) >= 11 is 12.2. The highest BCUT2D eigenvalue weighted by Gasteiger charge is 2.16. The summed E-state index contributed by atoms with van der Waals surface area (Å²) in [6.45, 7) is 1.93. The Labute approximate surface area is 155 Å². The molecule has 0 saturated heterocycles. The van der Waals surface area contributed by atoms with Crippen LogP contribution >= 0.6 is 23.2 Å². The molecule has 1 amide bonds. The van der Waals surface area contributed by atoms with Gasteiger partial charge in [-0.1, -0.05) is 29.3 Å². The second-order valence-corrected chi connectivity index (χ2v) is 6.29. The lowest BCUT2D eigenvalue weighted by Crippen LogP contribution is -2.11. The van der Waals surface area contributed by atoms with Crippen LogP contribution in [0, 0.1) is 6.92 Å². The summed E-state index contributed by atoms with van der Waals surface area (Å²) in [6.07, 6.45) is 0. The van der Waals surface area contributed by atoms with Gasteiger partial charge in [-0.3, -0.25) is 4.79 Å². The van der Waals surface area contributed by atoms with Gasteiger partial charge in [0.25, 0.3) is 5.91 Å². The third-order valence-corrected chi connectivity index (χ3v) is 4.19. The second kappa shape index (κ2) is 7.21. The van der Waals surface area contributed by atoms with Gasteiger partial charge >= 0.3 is 0 Å². The molecule has 3 aromatic rings. The molecule has 0 radical (unpaired) electrons.